The van der Waals surface area contributed by atoms with E-state index in [-0.39, 0.29) is 17.6 Å². The topological polar surface area (TPSA) is 62.6 Å². The van der Waals surface area contributed by atoms with Gasteiger partial charge in [0.2, 0.25) is 5.91 Å². The van der Waals surface area contributed by atoms with Crippen molar-refractivity contribution in [3.05, 3.63) is 113 Å². The van der Waals surface area contributed by atoms with Gasteiger partial charge in [0.25, 0.3) is 5.91 Å². The zero-order valence-electron chi connectivity index (χ0n) is 19.2. The molecule has 0 aliphatic carbocycles. The third-order valence-corrected chi connectivity index (χ3v) is 6.20. The smallest absolute Gasteiger partial charge is 0.255 e. The van der Waals surface area contributed by atoms with Crippen molar-refractivity contribution in [3.8, 4) is 11.3 Å². The highest BCUT2D eigenvalue weighted by Gasteiger charge is 2.24. The molecule has 0 unspecified atom stereocenters. The van der Waals surface area contributed by atoms with E-state index in [9.17, 15) is 14.0 Å². The summed E-state index contributed by atoms with van der Waals surface area (Å²) in [7, 11) is 0. The first-order valence-electron chi connectivity index (χ1n) is 11.7. The number of benzene rings is 3. The van der Waals surface area contributed by atoms with E-state index in [0.29, 0.717) is 42.9 Å². The Labute approximate surface area is 203 Å². The Bertz CT molecular complexity index is 1350. The molecule has 0 spiro atoms. The Balaban J connectivity index is 1.25. The fourth-order valence-electron chi connectivity index (χ4n) is 4.30. The van der Waals surface area contributed by atoms with E-state index in [1.54, 1.807) is 6.07 Å². The van der Waals surface area contributed by atoms with Crippen molar-refractivity contribution >= 4 is 17.5 Å². The Hall–Kier alpha value is -4.19. The van der Waals surface area contributed by atoms with Crippen molar-refractivity contribution in [1.82, 2.24) is 4.90 Å². The molecule has 1 N–H and O–H groups in total. The molecular formula is C29H25FN2O3. The van der Waals surface area contributed by atoms with Gasteiger partial charge in [-0.05, 0) is 54.4 Å². The SMILES string of the molecule is O=C(Nc1cccc(-c2cc3c(o2)CCN(C(=O)CCc2ccccc2)C3)c1)c1ccc(F)cc1. The number of amides is 2. The second kappa shape index (κ2) is 9.97. The number of nitrogens with one attached hydrogen (secondary N) is 1. The molecule has 0 atom stereocenters. The molecule has 5 nitrogen and oxygen atoms in total. The molecule has 0 bridgehead atoms. The van der Waals surface area contributed by atoms with Crippen molar-refractivity contribution in [2.45, 2.75) is 25.8 Å². The molecule has 1 aliphatic heterocycles. The van der Waals surface area contributed by atoms with Gasteiger partial charge in [-0.2, -0.15) is 0 Å². The fraction of sp³-hybridized carbons (Fsp3) is 0.172. The average Bonchev–Trinajstić information content (AvgIpc) is 3.32. The standard InChI is InChI=1S/C29H25FN2O3/c30-24-12-10-21(11-13-24)29(34)31-25-8-4-7-22(17-25)27-18-23-19-32(16-15-26(23)35-27)28(33)14-9-20-5-2-1-3-6-20/h1-8,10-13,17-18H,9,14-16,19H2,(H,31,34). The number of hydrogen-bond acceptors (Lipinski definition) is 3. The molecule has 0 saturated carbocycles. The van der Waals surface area contributed by atoms with Crippen molar-refractivity contribution in [3.63, 3.8) is 0 Å². The molecule has 1 aromatic heterocycles. The third-order valence-electron chi connectivity index (χ3n) is 6.20. The monoisotopic (exact) mass is 468 g/mol. The number of rotatable bonds is 6. The molecule has 2 amide bonds. The second-order valence-corrected chi connectivity index (χ2v) is 8.65. The van der Waals surface area contributed by atoms with Crippen molar-refractivity contribution in [2.75, 3.05) is 11.9 Å². The van der Waals surface area contributed by atoms with Gasteiger partial charge in [-0.1, -0.05) is 42.5 Å². The summed E-state index contributed by atoms with van der Waals surface area (Å²) in [5.41, 5.74) is 4.00. The predicted octanol–water partition coefficient (Wildman–Crippen LogP) is 5.86. The molecule has 6 heteroatoms. The van der Waals surface area contributed by atoms with Crippen LogP contribution in [-0.2, 0) is 24.2 Å². The quantitative estimate of drug-likeness (QED) is 0.386. The van der Waals surface area contributed by atoms with E-state index in [4.69, 9.17) is 4.42 Å². The van der Waals surface area contributed by atoms with Gasteiger partial charge in [-0.3, -0.25) is 9.59 Å². The summed E-state index contributed by atoms with van der Waals surface area (Å²) < 4.78 is 19.2. The highest BCUT2D eigenvalue weighted by Crippen LogP contribution is 2.31. The highest BCUT2D eigenvalue weighted by atomic mass is 19.1. The van der Waals surface area contributed by atoms with E-state index < -0.39 is 0 Å². The van der Waals surface area contributed by atoms with Gasteiger partial charge in [0, 0.05) is 48.3 Å². The Morgan fingerprint density at radius 2 is 1.74 bits per heavy atom. The van der Waals surface area contributed by atoms with E-state index in [1.807, 2.05) is 59.5 Å². The number of nitrogens with zero attached hydrogens (tertiary/aromatic N) is 1. The van der Waals surface area contributed by atoms with Gasteiger partial charge < -0.3 is 14.6 Å². The number of carbonyl (C=O) groups excluding carboxylic acids is 2. The van der Waals surface area contributed by atoms with Gasteiger partial charge in [-0.25, -0.2) is 4.39 Å². The van der Waals surface area contributed by atoms with E-state index in [2.05, 4.69) is 5.32 Å². The zero-order valence-corrected chi connectivity index (χ0v) is 19.2. The van der Waals surface area contributed by atoms with Crippen LogP contribution in [0.1, 0.15) is 33.7 Å². The molecule has 176 valence electrons. The molecule has 2 heterocycles. The number of anilines is 1. The van der Waals surface area contributed by atoms with Gasteiger partial charge in [-0.15, -0.1) is 0 Å². The van der Waals surface area contributed by atoms with Gasteiger partial charge in [0.15, 0.2) is 0 Å². The second-order valence-electron chi connectivity index (χ2n) is 8.65. The molecule has 3 aromatic carbocycles. The summed E-state index contributed by atoms with van der Waals surface area (Å²) >= 11 is 0. The highest BCUT2D eigenvalue weighted by molar-refractivity contribution is 6.04. The summed E-state index contributed by atoms with van der Waals surface area (Å²) in [5, 5.41) is 2.84. The number of hydrogen-bond donors (Lipinski definition) is 1. The maximum absolute atomic E-state index is 13.1. The lowest BCUT2D eigenvalue weighted by Crippen LogP contribution is -2.35. The van der Waals surface area contributed by atoms with Crippen molar-refractivity contribution in [2.24, 2.45) is 0 Å². The number of fused-ring (bicyclic) bond motifs is 1. The maximum Gasteiger partial charge on any atom is 0.255 e. The Kier molecular flexibility index (Phi) is 6.44. The lowest BCUT2D eigenvalue weighted by molar-refractivity contribution is -0.132. The summed E-state index contributed by atoms with van der Waals surface area (Å²) in [5.74, 6) is 1.04. The summed E-state index contributed by atoms with van der Waals surface area (Å²) in [6.07, 6.45) is 1.89. The molecule has 4 aromatic rings. The lowest BCUT2D eigenvalue weighted by atomic mass is 10.1. The summed E-state index contributed by atoms with van der Waals surface area (Å²) in [6, 6.07) is 24.8. The average molecular weight is 469 g/mol. The van der Waals surface area contributed by atoms with Gasteiger partial charge >= 0.3 is 0 Å². The van der Waals surface area contributed by atoms with Crippen LogP contribution in [0.3, 0.4) is 0 Å². The minimum absolute atomic E-state index is 0.146. The van der Waals surface area contributed by atoms with E-state index in [1.165, 1.54) is 24.3 Å². The first kappa shape index (κ1) is 22.6. The van der Waals surface area contributed by atoms with Crippen LogP contribution >= 0.6 is 0 Å². The van der Waals surface area contributed by atoms with Crippen LogP contribution in [0.4, 0.5) is 10.1 Å². The summed E-state index contributed by atoms with van der Waals surface area (Å²) in [6.45, 7) is 1.18. The largest absolute Gasteiger partial charge is 0.461 e. The summed E-state index contributed by atoms with van der Waals surface area (Å²) in [4.78, 5) is 27.1. The minimum atomic E-state index is -0.387. The van der Waals surface area contributed by atoms with E-state index in [0.717, 1.165) is 28.9 Å². The minimum Gasteiger partial charge on any atom is -0.461 e. The molecular weight excluding hydrogens is 443 g/mol. The van der Waals surface area contributed by atoms with Crippen LogP contribution in [0, 0.1) is 5.82 Å². The predicted molar refractivity (Wildman–Crippen MR) is 132 cm³/mol. The third kappa shape index (κ3) is 5.32. The van der Waals surface area contributed by atoms with Crippen LogP contribution < -0.4 is 5.32 Å². The van der Waals surface area contributed by atoms with Crippen LogP contribution in [0.25, 0.3) is 11.3 Å². The van der Waals surface area contributed by atoms with E-state index >= 15 is 0 Å². The zero-order chi connectivity index (χ0) is 24.2. The van der Waals surface area contributed by atoms with Crippen LogP contribution in [0.15, 0.2) is 89.3 Å². The Morgan fingerprint density at radius 1 is 0.943 bits per heavy atom. The van der Waals surface area contributed by atoms with Crippen LogP contribution in [0.5, 0.6) is 0 Å². The molecule has 1 aliphatic rings. The van der Waals surface area contributed by atoms with Crippen molar-refractivity contribution in [1.29, 1.82) is 0 Å². The van der Waals surface area contributed by atoms with Gasteiger partial charge in [0.1, 0.15) is 17.3 Å². The normalized spacial score (nSPS) is 12.8. The number of halogens is 1. The van der Waals surface area contributed by atoms with Crippen LogP contribution in [0.2, 0.25) is 0 Å². The molecule has 35 heavy (non-hydrogen) atoms. The lowest BCUT2D eigenvalue weighted by Gasteiger charge is -2.26. The molecule has 0 fully saturated rings. The number of furan rings is 1. The first-order chi connectivity index (χ1) is 17.0. The maximum atomic E-state index is 13.1. The number of carbonyl (C=O) groups is 2. The van der Waals surface area contributed by atoms with Crippen molar-refractivity contribution < 1.29 is 18.4 Å². The fourth-order valence-corrected chi connectivity index (χ4v) is 4.30. The molecule has 5 rings (SSSR count). The van der Waals surface area contributed by atoms with Gasteiger partial charge in [0.05, 0.1) is 0 Å². The van der Waals surface area contributed by atoms with Crippen LogP contribution in [-0.4, -0.2) is 23.3 Å². The Morgan fingerprint density at radius 3 is 2.54 bits per heavy atom. The first-order valence-corrected chi connectivity index (χ1v) is 11.7. The molecule has 0 saturated heterocycles. The molecule has 0 radical (unpaired) electrons. The number of aryl methyl sites for hydroxylation is 1.